The Morgan fingerprint density at radius 2 is 1.56 bits per heavy atom. The number of benzene rings is 3. The first-order chi connectivity index (χ1) is 17.5. The predicted molar refractivity (Wildman–Crippen MR) is 135 cm³/mol. The van der Waals surface area contributed by atoms with Crippen LogP contribution in [0.15, 0.2) is 72.8 Å². The molecule has 3 aromatic carbocycles. The maximum Gasteiger partial charge on any atom is 0.317 e. The number of esters is 1. The number of rotatable bonds is 8. The van der Waals surface area contributed by atoms with Crippen molar-refractivity contribution in [3.63, 3.8) is 0 Å². The third-order valence-electron chi connectivity index (χ3n) is 6.40. The summed E-state index contributed by atoms with van der Waals surface area (Å²) in [6.07, 6.45) is 0.455. The first-order valence-corrected chi connectivity index (χ1v) is 11.8. The molecule has 1 atom stereocenters. The zero-order valence-electron chi connectivity index (χ0n) is 20.4. The van der Waals surface area contributed by atoms with Crippen molar-refractivity contribution in [3.05, 3.63) is 83.9 Å². The van der Waals surface area contributed by atoms with Crippen molar-refractivity contribution in [2.24, 2.45) is 5.41 Å². The number of methoxy groups -OCH3 is 1. The molecule has 1 saturated heterocycles. The Morgan fingerprint density at radius 3 is 2.14 bits per heavy atom. The highest BCUT2D eigenvalue weighted by Crippen LogP contribution is 2.34. The van der Waals surface area contributed by atoms with E-state index >= 15 is 0 Å². The molecular formula is C29H28N2O5. The lowest BCUT2D eigenvalue weighted by molar-refractivity contribution is -0.156. The van der Waals surface area contributed by atoms with Crippen LogP contribution in [0.4, 0.5) is 0 Å². The second-order valence-electron chi connectivity index (χ2n) is 8.71. The summed E-state index contributed by atoms with van der Waals surface area (Å²) >= 11 is 0. The van der Waals surface area contributed by atoms with Crippen molar-refractivity contribution >= 4 is 11.9 Å². The van der Waals surface area contributed by atoms with Gasteiger partial charge in [-0.05, 0) is 73.0 Å². The predicted octanol–water partition coefficient (Wildman–Crippen LogP) is 4.71. The molecule has 1 amide bonds. The molecule has 3 aromatic rings. The number of nitrogens with zero attached hydrogens (tertiary/aromatic N) is 2. The Morgan fingerprint density at radius 1 is 0.944 bits per heavy atom. The quantitative estimate of drug-likeness (QED) is 0.430. The second-order valence-corrected chi connectivity index (χ2v) is 8.71. The smallest absolute Gasteiger partial charge is 0.317 e. The van der Waals surface area contributed by atoms with Crippen molar-refractivity contribution in [2.45, 2.75) is 13.3 Å². The van der Waals surface area contributed by atoms with Crippen molar-refractivity contribution in [1.29, 1.82) is 5.26 Å². The van der Waals surface area contributed by atoms with Gasteiger partial charge in [0.2, 0.25) is 0 Å². The Hall–Kier alpha value is -4.31. The molecule has 1 fully saturated rings. The highest BCUT2D eigenvalue weighted by molar-refractivity contribution is 5.95. The van der Waals surface area contributed by atoms with Crippen molar-refractivity contribution < 1.29 is 23.8 Å². The van der Waals surface area contributed by atoms with Crippen LogP contribution in [0.2, 0.25) is 0 Å². The monoisotopic (exact) mass is 484 g/mol. The van der Waals surface area contributed by atoms with Crippen LogP contribution in [0, 0.1) is 16.7 Å². The topological polar surface area (TPSA) is 88.9 Å². The summed E-state index contributed by atoms with van der Waals surface area (Å²) in [6, 6.07) is 24.0. The molecular weight excluding hydrogens is 456 g/mol. The van der Waals surface area contributed by atoms with Gasteiger partial charge in [0, 0.05) is 18.7 Å². The van der Waals surface area contributed by atoms with Crippen LogP contribution in [0.3, 0.4) is 0 Å². The van der Waals surface area contributed by atoms with Crippen LogP contribution in [-0.2, 0) is 9.53 Å². The van der Waals surface area contributed by atoms with Gasteiger partial charge in [0.15, 0.2) is 0 Å². The summed E-state index contributed by atoms with van der Waals surface area (Å²) in [5, 5.41) is 8.98. The zero-order chi connectivity index (χ0) is 25.5. The van der Waals surface area contributed by atoms with Gasteiger partial charge < -0.3 is 19.1 Å². The van der Waals surface area contributed by atoms with E-state index in [0.29, 0.717) is 35.6 Å². The Balaban J connectivity index is 1.45. The second kappa shape index (κ2) is 11.0. The van der Waals surface area contributed by atoms with E-state index in [1.54, 1.807) is 55.3 Å². The van der Waals surface area contributed by atoms with E-state index < -0.39 is 5.41 Å². The van der Waals surface area contributed by atoms with Crippen LogP contribution < -0.4 is 9.47 Å². The molecule has 0 saturated carbocycles. The molecule has 0 aliphatic carbocycles. The van der Waals surface area contributed by atoms with Crippen molar-refractivity contribution in [3.8, 4) is 28.7 Å². The number of ether oxygens (including phenoxy) is 3. The van der Waals surface area contributed by atoms with E-state index in [9.17, 15) is 9.59 Å². The molecule has 0 bridgehead atoms. The van der Waals surface area contributed by atoms with E-state index in [4.69, 9.17) is 19.5 Å². The molecule has 4 rings (SSSR count). The van der Waals surface area contributed by atoms with Gasteiger partial charge in [0.05, 0.1) is 25.3 Å². The number of likely N-dealkylation sites (tertiary alicyclic amines) is 1. The van der Waals surface area contributed by atoms with Gasteiger partial charge in [-0.1, -0.05) is 24.3 Å². The molecule has 184 valence electrons. The lowest BCUT2D eigenvalue weighted by Gasteiger charge is -2.27. The van der Waals surface area contributed by atoms with Gasteiger partial charge in [-0.25, -0.2) is 0 Å². The van der Waals surface area contributed by atoms with Gasteiger partial charge >= 0.3 is 5.97 Å². The van der Waals surface area contributed by atoms with E-state index in [2.05, 4.69) is 6.07 Å². The molecule has 0 spiro atoms. The number of hydrogen-bond donors (Lipinski definition) is 0. The number of nitriles is 1. The van der Waals surface area contributed by atoms with Crippen LogP contribution in [0.5, 0.6) is 11.5 Å². The van der Waals surface area contributed by atoms with Gasteiger partial charge in [0.25, 0.3) is 5.91 Å². The number of carbonyl (C=O) groups excluding carboxylic acids is 2. The molecule has 7 heteroatoms. The molecule has 7 nitrogen and oxygen atoms in total. The van der Waals surface area contributed by atoms with Crippen LogP contribution in [-0.4, -0.2) is 50.2 Å². The van der Waals surface area contributed by atoms with Crippen LogP contribution in [0.25, 0.3) is 11.1 Å². The summed E-state index contributed by atoms with van der Waals surface area (Å²) in [5.41, 5.74) is 2.19. The average molecular weight is 485 g/mol. The van der Waals surface area contributed by atoms with Gasteiger partial charge in [-0.3, -0.25) is 9.59 Å². The van der Waals surface area contributed by atoms with Gasteiger partial charge in [0.1, 0.15) is 23.5 Å². The summed E-state index contributed by atoms with van der Waals surface area (Å²) in [6.45, 7) is 2.79. The molecule has 0 N–H and O–H groups in total. The minimum absolute atomic E-state index is 0.106. The van der Waals surface area contributed by atoms with E-state index in [1.165, 1.54) is 0 Å². The van der Waals surface area contributed by atoms with E-state index in [0.717, 1.165) is 11.1 Å². The number of hydrogen-bond acceptors (Lipinski definition) is 6. The summed E-state index contributed by atoms with van der Waals surface area (Å²) < 4.78 is 16.6. The lowest BCUT2D eigenvalue weighted by atomic mass is 9.88. The van der Waals surface area contributed by atoms with E-state index in [1.807, 2.05) is 36.4 Å². The Labute approximate surface area is 210 Å². The Bertz CT molecular complexity index is 1250. The third kappa shape index (κ3) is 5.33. The van der Waals surface area contributed by atoms with Crippen molar-refractivity contribution in [2.75, 3.05) is 33.4 Å². The molecule has 0 aromatic heterocycles. The summed E-state index contributed by atoms with van der Waals surface area (Å²) in [4.78, 5) is 27.7. The first kappa shape index (κ1) is 24.8. The first-order valence-electron chi connectivity index (χ1n) is 11.8. The van der Waals surface area contributed by atoms with Crippen LogP contribution in [0.1, 0.15) is 29.3 Å². The molecule has 1 unspecified atom stereocenters. The summed E-state index contributed by atoms with van der Waals surface area (Å²) in [5.74, 6) is 0.795. The fourth-order valence-electron chi connectivity index (χ4n) is 4.29. The van der Waals surface area contributed by atoms with E-state index in [-0.39, 0.29) is 31.6 Å². The molecule has 0 radical (unpaired) electrons. The van der Waals surface area contributed by atoms with Crippen LogP contribution >= 0.6 is 0 Å². The largest absolute Gasteiger partial charge is 0.497 e. The zero-order valence-corrected chi connectivity index (χ0v) is 20.4. The highest BCUT2D eigenvalue weighted by atomic mass is 16.5. The SMILES string of the molecule is CCOC(=O)C1(COc2ccc(-c3ccc(C#N)cc3)cc2)CCN(C(=O)c2ccc(OC)cc2)C1. The number of amides is 1. The lowest BCUT2D eigenvalue weighted by Crippen LogP contribution is -2.42. The van der Waals surface area contributed by atoms with Crippen molar-refractivity contribution in [1.82, 2.24) is 4.90 Å². The molecule has 1 heterocycles. The maximum atomic E-state index is 13.1. The minimum atomic E-state index is -0.941. The maximum absolute atomic E-state index is 13.1. The number of carbonyl (C=O) groups is 2. The highest BCUT2D eigenvalue weighted by Gasteiger charge is 2.48. The Kier molecular flexibility index (Phi) is 7.55. The molecule has 1 aliphatic rings. The average Bonchev–Trinajstić information content (AvgIpc) is 3.38. The fraction of sp³-hybridized carbons (Fsp3) is 0.276. The summed E-state index contributed by atoms with van der Waals surface area (Å²) in [7, 11) is 1.57. The third-order valence-corrected chi connectivity index (χ3v) is 6.40. The standard InChI is InChI=1S/C29H28N2O5/c1-3-35-28(33)29(16-17-31(19-29)27(32)24-10-12-25(34-2)13-11-24)20-36-26-14-8-23(9-15-26)22-6-4-21(18-30)5-7-22/h4-15H,3,16-17,19-20H2,1-2H3. The minimum Gasteiger partial charge on any atom is -0.497 e. The molecule has 36 heavy (non-hydrogen) atoms. The van der Waals surface area contributed by atoms with Gasteiger partial charge in [-0.15, -0.1) is 0 Å². The fourth-order valence-corrected chi connectivity index (χ4v) is 4.29. The normalized spacial score (nSPS) is 16.8. The molecule has 1 aliphatic heterocycles. The van der Waals surface area contributed by atoms with Gasteiger partial charge in [-0.2, -0.15) is 5.26 Å².